The summed E-state index contributed by atoms with van der Waals surface area (Å²) in [5.41, 5.74) is 0.886. The lowest BCUT2D eigenvalue weighted by Crippen LogP contribution is -2.35. The highest BCUT2D eigenvalue weighted by atomic mass is 79.9. The maximum atomic E-state index is 11.5. The van der Waals surface area contributed by atoms with E-state index in [9.17, 15) is 4.79 Å². The van der Waals surface area contributed by atoms with E-state index in [1.54, 1.807) is 7.11 Å². The highest BCUT2D eigenvalue weighted by Gasteiger charge is 2.36. The number of ether oxygens (including phenoxy) is 2. The van der Waals surface area contributed by atoms with Crippen molar-refractivity contribution >= 4 is 43.6 Å². The third-order valence-corrected chi connectivity index (χ3v) is 4.73. The zero-order valence-electron chi connectivity index (χ0n) is 9.56. The predicted molar refractivity (Wildman–Crippen MR) is 71.5 cm³/mol. The highest BCUT2D eigenvalue weighted by Crippen LogP contribution is 2.46. The minimum atomic E-state index is -0.686. The van der Waals surface area contributed by atoms with Gasteiger partial charge in [0, 0.05) is 5.56 Å². The number of methoxy groups -OCH3 is 1. The van der Waals surface area contributed by atoms with Crippen molar-refractivity contribution in [2.24, 2.45) is 0 Å². The lowest BCUT2D eigenvalue weighted by Gasteiger charge is -2.33. The first-order valence-electron chi connectivity index (χ1n) is 4.93. The molecule has 0 radical (unpaired) electrons. The number of anilines is 1. The smallest absolute Gasteiger partial charge is 0.412 e. The molecule has 1 aliphatic heterocycles. The van der Waals surface area contributed by atoms with Crippen molar-refractivity contribution in [2.45, 2.75) is 19.4 Å². The summed E-state index contributed by atoms with van der Waals surface area (Å²) in [6.45, 7) is 3.68. The van der Waals surface area contributed by atoms with Crippen LogP contribution in [0.2, 0.25) is 0 Å². The summed E-state index contributed by atoms with van der Waals surface area (Å²) in [6, 6.07) is 1.85. The number of cyclic esters (lactones) is 1. The molecule has 2 rings (SSSR count). The molecule has 0 saturated carbocycles. The fourth-order valence-corrected chi connectivity index (χ4v) is 2.75. The Kier molecular flexibility index (Phi) is 3.12. The Hall–Kier alpha value is -0.750. The summed E-state index contributed by atoms with van der Waals surface area (Å²) in [5, 5.41) is 2.68. The number of fused-ring (bicyclic) bond motifs is 1. The quantitative estimate of drug-likeness (QED) is 0.818. The van der Waals surface area contributed by atoms with E-state index in [0.717, 1.165) is 14.5 Å². The molecular weight excluding hydrogens is 354 g/mol. The van der Waals surface area contributed by atoms with E-state index in [1.165, 1.54) is 0 Å². The molecule has 0 spiro atoms. The van der Waals surface area contributed by atoms with Crippen molar-refractivity contribution in [2.75, 3.05) is 12.4 Å². The number of nitrogens with one attached hydrogen (secondary N) is 1. The SMILES string of the molecule is COc1cc2c(c(Br)c1Br)NC(=O)OC2(C)C. The van der Waals surface area contributed by atoms with Crippen LogP contribution < -0.4 is 10.1 Å². The van der Waals surface area contributed by atoms with Crippen molar-refractivity contribution in [3.05, 3.63) is 20.6 Å². The van der Waals surface area contributed by atoms with Gasteiger partial charge in [0.15, 0.2) is 0 Å². The van der Waals surface area contributed by atoms with Gasteiger partial charge in [0.05, 0.1) is 21.7 Å². The maximum absolute atomic E-state index is 11.5. The van der Waals surface area contributed by atoms with Crippen molar-refractivity contribution in [1.29, 1.82) is 0 Å². The van der Waals surface area contributed by atoms with Gasteiger partial charge in [-0.05, 0) is 51.8 Å². The Bertz CT molecular complexity index is 500. The number of carbonyl (C=O) groups excluding carboxylic acids is 1. The summed E-state index contributed by atoms with van der Waals surface area (Å²) in [7, 11) is 1.59. The normalized spacial score (nSPS) is 16.9. The van der Waals surface area contributed by atoms with E-state index in [1.807, 2.05) is 19.9 Å². The third-order valence-electron chi connectivity index (χ3n) is 2.62. The molecule has 0 aromatic heterocycles. The van der Waals surface area contributed by atoms with E-state index >= 15 is 0 Å². The molecule has 1 N–H and O–H groups in total. The lowest BCUT2D eigenvalue weighted by molar-refractivity contribution is 0.0417. The third kappa shape index (κ3) is 2.04. The predicted octanol–water partition coefficient (Wildman–Crippen LogP) is 4.02. The van der Waals surface area contributed by atoms with E-state index < -0.39 is 11.7 Å². The molecule has 17 heavy (non-hydrogen) atoms. The molecule has 1 aliphatic rings. The van der Waals surface area contributed by atoms with Crippen molar-refractivity contribution < 1.29 is 14.3 Å². The molecule has 0 bridgehead atoms. The second-order valence-corrected chi connectivity index (χ2v) is 5.74. The Labute approximate surface area is 116 Å². The topological polar surface area (TPSA) is 47.6 Å². The summed E-state index contributed by atoms with van der Waals surface area (Å²) in [5.74, 6) is 0.684. The van der Waals surface area contributed by atoms with Crippen LogP contribution in [0.1, 0.15) is 19.4 Å². The Morgan fingerprint density at radius 2 is 2.00 bits per heavy atom. The van der Waals surface area contributed by atoms with Gasteiger partial charge < -0.3 is 9.47 Å². The van der Waals surface area contributed by atoms with Crippen LogP contribution in [0, 0.1) is 0 Å². The molecule has 1 aromatic carbocycles. The van der Waals surface area contributed by atoms with Gasteiger partial charge in [-0.15, -0.1) is 0 Å². The minimum absolute atomic E-state index is 0.458. The maximum Gasteiger partial charge on any atom is 0.412 e. The lowest BCUT2D eigenvalue weighted by atomic mass is 9.94. The number of hydrogen-bond donors (Lipinski definition) is 1. The average Bonchev–Trinajstić information content (AvgIpc) is 2.23. The van der Waals surface area contributed by atoms with Crippen molar-refractivity contribution in [3.63, 3.8) is 0 Å². The fraction of sp³-hybridized carbons (Fsp3) is 0.364. The van der Waals surface area contributed by atoms with Gasteiger partial charge in [-0.25, -0.2) is 4.79 Å². The molecule has 0 aliphatic carbocycles. The second kappa shape index (κ2) is 4.17. The van der Waals surface area contributed by atoms with Crippen LogP contribution in [0.15, 0.2) is 15.0 Å². The zero-order chi connectivity index (χ0) is 12.8. The monoisotopic (exact) mass is 363 g/mol. The van der Waals surface area contributed by atoms with Crippen molar-refractivity contribution in [3.8, 4) is 5.75 Å². The molecule has 1 aromatic rings. The van der Waals surface area contributed by atoms with Gasteiger partial charge in [0.25, 0.3) is 0 Å². The van der Waals surface area contributed by atoms with Gasteiger partial charge in [-0.3, -0.25) is 5.32 Å². The first kappa shape index (κ1) is 12.7. The first-order valence-corrected chi connectivity index (χ1v) is 6.52. The first-order chi connectivity index (χ1) is 7.86. The van der Waals surface area contributed by atoms with Crippen LogP contribution in [0.5, 0.6) is 5.75 Å². The molecule has 0 atom stereocenters. The van der Waals surface area contributed by atoms with Gasteiger partial charge in [0.2, 0.25) is 0 Å². The van der Waals surface area contributed by atoms with E-state index in [2.05, 4.69) is 37.2 Å². The molecule has 0 fully saturated rings. The van der Waals surface area contributed by atoms with Crippen LogP contribution in [0.3, 0.4) is 0 Å². The molecular formula is C11H11Br2NO3. The Morgan fingerprint density at radius 1 is 1.35 bits per heavy atom. The fourth-order valence-electron chi connectivity index (χ4n) is 1.76. The molecule has 0 unspecified atom stereocenters. The molecule has 0 saturated heterocycles. The standard InChI is InChI=1S/C11H11Br2NO3/c1-11(2)5-4-6(16-3)7(12)8(13)9(5)14-10(15)17-11/h4H,1-3H3,(H,14,15). The summed E-state index contributed by atoms with van der Waals surface area (Å²) in [4.78, 5) is 11.5. The number of rotatable bonds is 1. The van der Waals surface area contributed by atoms with E-state index in [4.69, 9.17) is 9.47 Å². The molecule has 92 valence electrons. The van der Waals surface area contributed by atoms with Gasteiger partial charge >= 0.3 is 6.09 Å². The zero-order valence-corrected chi connectivity index (χ0v) is 12.7. The number of hydrogen-bond acceptors (Lipinski definition) is 3. The second-order valence-electron chi connectivity index (χ2n) is 4.15. The number of halogens is 2. The van der Waals surface area contributed by atoms with Crippen LogP contribution >= 0.6 is 31.9 Å². The van der Waals surface area contributed by atoms with Crippen LogP contribution in [-0.4, -0.2) is 13.2 Å². The molecule has 6 heteroatoms. The van der Waals surface area contributed by atoms with Crippen LogP contribution in [0.25, 0.3) is 0 Å². The van der Waals surface area contributed by atoms with Crippen LogP contribution in [-0.2, 0) is 10.3 Å². The Morgan fingerprint density at radius 3 is 2.59 bits per heavy atom. The summed E-state index contributed by atoms with van der Waals surface area (Å²) in [6.07, 6.45) is -0.458. The van der Waals surface area contributed by atoms with Gasteiger partial charge in [-0.2, -0.15) is 0 Å². The van der Waals surface area contributed by atoms with E-state index in [-0.39, 0.29) is 0 Å². The van der Waals surface area contributed by atoms with Gasteiger partial charge in [-0.1, -0.05) is 0 Å². The number of benzene rings is 1. The molecule has 1 heterocycles. The van der Waals surface area contributed by atoms with E-state index in [0.29, 0.717) is 11.4 Å². The molecule has 4 nitrogen and oxygen atoms in total. The molecule has 1 amide bonds. The van der Waals surface area contributed by atoms with Gasteiger partial charge in [0.1, 0.15) is 11.4 Å². The largest absolute Gasteiger partial charge is 0.496 e. The minimum Gasteiger partial charge on any atom is -0.496 e. The highest BCUT2D eigenvalue weighted by molar-refractivity contribution is 9.13. The number of amides is 1. The Balaban J connectivity index is 2.71. The van der Waals surface area contributed by atoms with Crippen molar-refractivity contribution in [1.82, 2.24) is 0 Å². The van der Waals surface area contributed by atoms with Crippen LogP contribution in [0.4, 0.5) is 10.5 Å². The summed E-state index contributed by atoms with van der Waals surface area (Å²) >= 11 is 6.85. The average molecular weight is 365 g/mol. The summed E-state index contributed by atoms with van der Waals surface area (Å²) < 4.78 is 12.0. The number of carbonyl (C=O) groups is 1.